The maximum atomic E-state index is 6.24. The molecule has 90 valence electrons. The van der Waals surface area contributed by atoms with Gasteiger partial charge in [0.15, 0.2) is 0 Å². The standard InChI is InChI=1S/C12H15N3S2/c13-11-9(15-4-1-6-16-7-5-15)2-3-10-12(11)14-8-17-10/h2-3,8H,1,4-7,13H2. The number of hydrogen-bond acceptors (Lipinski definition) is 5. The summed E-state index contributed by atoms with van der Waals surface area (Å²) in [6.07, 6.45) is 1.24. The summed E-state index contributed by atoms with van der Waals surface area (Å²) in [5.41, 5.74) is 11.1. The van der Waals surface area contributed by atoms with Crippen LogP contribution in [0.1, 0.15) is 6.42 Å². The van der Waals surface area contributed by atoms with Gasteiger partial charge in [-0.25, -0.2) is 4.98 Å². The summed E-state index contributed by atoms with van der Waals surface area (Å²) < 4.78 is 1.18. The number of nitrogen functional groups attached to an aromatic ring is 1. The van der Waals surface area contributed by atoms with E-state index in [1.165, 1.54) is 22.6 Å². The van der Waals surface area contributed by atoms with E-state index in [0.717, 1.165) is 30.0 Å². The zero-order valence-electron chi connectivity index (χ0n) is 9.56. The summed E-state index contributed by atoms with van der Waals surface area (Å²) in [6, 6.07) is 4.28. The van der Waals surface area contributed by atoms with Crippen molar-refractivity contribution in [2.45, 2.75) is 6.42 Å². The molecule has 1 aliphatic rings. The number of fused-ring (bicyclic) bond motifs is 1. The number of hydrogen-bond donors (Lipinski definition) is 1. The molecule has 2 aromatic rings. The molecular weight excluding hydrogens is 250 g/mol. The molecule has 3 nitrogen and oxygen atoms in total. The molecule has 0 spiro atoms. The van der Waals surface area contributed by atoms with Crippen molar-refractivity contribution in [2.75, 3.05) is 35.2 Å². The van der Waals surface area contributed by atoms with E-state index in [-0.39, 0.29) is 0 Å². The Labute approximate surface area is 109 Å². The molecule has 1 aromatic carbocycles. The van der Waals surface area contributed by atoms with E-state index in [2.05, 4.69) is 22.0 Å². The van der Waals surface area contributed by atoms with E-state index >= 15 is 0 Å². The van der Waals surface area contributed by atoms with E-state index in [0.29, 0.717) is 0 Å². The third kappa shape index (κ3) is 2.09. The quantitative estimate of drug-likeness (QED) is 0.805. The first-order valence-corrected chi connectivity index (χ1v) is 7.84. The van der Waals surface area contributed by atoms with Crippen LogP contribution in [0.2, 0.25) is 0 Å². The number of nitrogens with two attached hydrogens (primary N) is 1. The Morgan fingerprint density at radius 2 is 2.18 bits per heavy atom. The lowest BCUT2D eigenvalue weighted by Crippen LogP contribution is -2.26. The summed E-state index contributed by atoms with van der Waals surface area (Å²) in [5.74, 6) is 2.45. The minimum Gasteiger partial charge on any atom is -0.395 e. The van der Waals surface area contributed by atoms with Crippen LogP contribution in [0.3, 0.4) is 0 Å². The van der Waals surface area contributed by atoms with Crippen LogP contribution in [0.15, 0.2) is 17.6 Å². The lowest BCUT2D eigenvalue weighted by atomic mass is 10.2. The molecule has 2 heterocycles. The van der Waals surface area contributed by atoms with Crippen LogP contribution in [0.5, 0.6) is 0 Å². The molecule has 0 atom stereocenters. The van der Waals surface area contributed by atoms with Gasteiger partial charge in [-0.15, -0.1) is 11.3 Å². The van der Waals surface area contributed by atoms with Crippen molar-refractivity contribution >= 4 is 44.7 Å². The van der Waals surface area contributed by atoms with E-state index in [9.17, 15) is 0 Å². The Bertz CT molecular complexity index is 515. The van der Waals surface area contributed by atoms with Crippen LogP contribution >= 0.6 is 23.1 Å². The monoisotopic (exact) mass is 265 g/mol. The maximum Gasteiger partial charge on any atom is 0.106 e. The van der Waals surface area contributed by atoms with Gasteiger partial charge in [0.05, 0.1) is 21.6 Å². The molecule has 0 saturated carbocycles. The topological polar surface area (TPSA) is 42.1 Å². The molecule has 1 aliphatic heterocycles. The Balaban J connectivity index is 2.00. The van der Waals surface area contributed by atoms with Crippen molar-refractivity contribution in [3.63, 3.8) is 0 Å². The van der Waals surface area contributed by atoms with Gasteiger partial charge in [-0.1, -0.05) is 0 Å². The van der Waals surface area contributed by atoms with Crippen molar-refractivity contribution in [3.8, 4) is 0 Å². The van der Waals surface area contributed by atoms with Crippen LogP contribution < -0.4 is 10.6 Å². The second kappa shape index (κ2) is 4.74. The number of anilines is 2. The van der Waals surface area contributed by atoms with E-state index in [1.54, 1.807) is 11.3 Å². The maximum absolute atomic E-state index is 6.24. The number of rotatable bonds is 1. The fourth-order valence-corrected chi connectivity index (χ4v) is 3.78. The van der Waals surface area contributed by atoms with E-state index in [4.69, 9.17) is 5.73 Å². The number of thioether (sulfide) groups is 1. The smallest absolute Gasteiger partial charge is 0.106 e. The zero-order valence-corrected chi connectivity index (χ0v) is 11.2. The molecule has 1 saturated heterocycles. The molecule has 0 radical (unpaired) electrons. The minimum absolute atomic E-state index is 0.843. The fourth-order valence-electron chi connectivity index (χ4n) is 2.20. The first-order valence-electron chi connectivity index (χ1n) is 5.80. The predicted octanol–water partition coefficient (Wildman–Crippen LogP) is 2.82. The lowest BCUT2D eigenvalue weighted by molar-refractivity contribution is 0.818. The number of thiazole rings is 1. The highest BCUT2D eigenvalue weighted by Crippen LogP contribution is 2.33. The number of nitrogens with zero attached hydrogens (tertiary/aromatic N) is 2. The van der Waals surface area contributed by atoms with Gasteiger partial charge in [-0.3, -0.25) is 0 Å². The predicted molar refractivity (Wildman–Crippen MR) is 78.2 cm³/mol. The molecule has 0 aliphatic carbocycles. The van der Waals surface area contributed by atoms with Crippen molar-refractivity contribution in [1.82, 2.24) is 4.98 Å². The third-order valence-corrected chi connectivity index (χ3v) is 4.92. The van der Waals surface area contributed by atoms with Crippen LogP contribution in [0.4, 0.5) is 11.4 Å². The summed E-state index contributed by atoms with van der Waals surface area (Å²) in [7, 11) is 0. The normalized spacial score (nSPS) is 17.3. The van der Waals surface area contributed by atoms with Gasteiger partial charge in [0, 0.05) is 18.8 Å². The highest BCUT2D eigenvalue weighted by atomic mass is 32.2. The fraction of sp³-hybridized carbons (Fsp3) is 0.417. The molecular formula is C12H15N3S2. The molecule has 0 unspecified atom stereocenters. The van der Waals surface area contributed by atoms with Gasteiger partial charge in [0.1, 0.15) is 5.52 Å². The lowest BCUT2D eigenvalue weighted by Gasteiger charge is -2.23. The average molecular weight is 265 g/mol. The number of benzene rings is 1. The Morgan fingerprint density at radius 3 is 3.12 bits per heavy atom. The molecule has 1 aromatic heterocycles. The van der Waals surface area contributed by atoms with Crippen LogP contribution in [0.25, 0.3) is 10.2 Å². The molecule has 2 N–H and O–H groups in total. The first kappa shape index (κ1) is 11.2. The summed E-state index contributed by atoms with van der Waals surface area (Å²) in [5, 5.41) is 0. The molecule has 17 heavy (non-hydrogen) atoms. The highest BCUT2D eigenvalue weighted by molar-refractivity contribution is 7.99. The molecule has 5 heteroatoms. The number of aromatic nitrogens is 1. The van der Waals surface area contributed by atoms with E-state index < -0.39 is 0 Å². The van der Waals surface area contributed by atoms with Gasteiger partial charge in [-0.2, -0.15) is 11.8 Å². The largest absolute Gasteiger partial charge is 0.395 e. The molecule has 0 bridgehead atoms. The van der Waals surface area contributed by atoms with Gasteiger partial charge < -0.3 is 10.6 Å². The van der Waals surface area contributed by atoms with Crippen molar-refractivity contribution in [2.24, 2.45) is 0 Å². The van der Waals surface area contributed by atoms with Crippen LogP contribution in [0, 0.1) is 0 Å². The summed E-state index contributed by atoms with van der Waals surface area (Å²) in [4.78, 5) is 6.76. The van der Waals surface area contributed by atoms with Crippen molar-refractivity contribution in [1.29, 1.82) is 0 Å². The SMILES string of the molecule is Nc1c(N2CCCSCC2)ccc2scnc12. The van der Waals surface area contributed by atoms with E-state index in [1.807, 2.05) is 17.3 Å². The Morgan fingerprint density at radius 1 is 1.24 bits per heavy atom. The highest BCUT2D eigenvalue weighted by Gasteiger charge is 2.15. The zero-order chi connectivity index (χ0) is 11.7. The van der Waals surface area contributed by atoms with Gasteiger partial charge in [-0.05, 0) is 24.3 Å². The average Bonchev–Trinajstić information content (AvgIpc) is 2.66. The van der Waals surface area contributed by atoms with Gasteiger partial charge in [0.25, 0.3) is 0 Å². The van der Waals surface area contributed by atoms with Crippen molar-refractivity contribution < 1.29 is 0 Å². The Hall–Kier alpha value is -0.940. The van der Waals surface area contributed by atoms with Crippen molar-refractivity contribution in [3.05, 3.63) is 17.6 Å². The third-order valence-electron chi connectivity index (χ3n) is 3.08. The summed E-state index contributed by atoms with van der Waals surface area (Å²) in [6.45, 7) is 2.19. The second-order valence-corrected chi connectivity index (χ2v) is 6.26. The Kier molecular flexibility index (Phi) is 3.11. The van der Waals surface area contributed by atoms with Crippen LogP contribution in [-0.2, 0) is 0 Å². The first-order chi connectivity index (χ1) is 8.36. The minimum atomic E-state index is 0.843. The molecule has 1 fully saturated rings. The molecule has 3 rings (SSSR count). The molecule has 0 amide bonds. The van der Waals surface area contributed by atoms with Gasteiger partial charge >= 0.3 is 0 Å². The second-order valence-electron chi connectivity index (χ2n) is 4.15. The van der Waals surface area contributed by atoms with Crippen LogP contribution in [-0.4, -0.2) is 29.6 Å². The summed E-state index contributed by atoms with van der Waals surface area (Å²) >= 11 is 3.68. The van der Waals surface area contributed by atoms with Gasteiger partial charge in [0.2, 0.25) is 0 Å².